The van der Waals surface area contributed by atoms with Crippen molar-refractivity contribution < 1.29 is 5.11 Å². The summed E-state index contributed by atoms with van der Waals surface area (Å²) < 4.78 is 0. The molecule has 1 unspecified atom stereocenters. The molecule has 1 aromatic heterocycles. The maximum absolute atomic E-state index is 10.9. The zero-order chi connectivity index (χ0) is 12.8. The minimum Gasteiger partial charge on any atom is -0.385 e. The van der Waals surface area contributed by atoms with Crippen LogP contribution >= 0.6 is 11.3 Å². The number of hydrogen-bond donors (Lipinski definition) is 1. The normalized spacial score (nSPS) is 22.2. The van der Waals surface area contributed by atoms with Crippen molar-refractivity contribution in [3.05, 3.63) is 51.0 Å². The van der Waals surface area contributed by atoms with E-state index in [9.17, 15) is 5.11 Å². The van der Waals surface area contributed by atoms with Crippen molar-refractivity contribution >= 4 is 11.3 Å². The molecular formula is C15H17NOS. The van der Waals surface area contributed by atoms with Crippen LogP contribution in [0.4, 0.5) is 0 Å². The number of aromatic nitrogens is 1. The van der Waals surface area contributed by atoms with Gasteiger partial charge in [0.1, 0.15) is 0 Å². The van der Waals surface area contributed by atoms with E-state index in [1.807, 2.05) is 12.3 Å². The lowest BCUT2D eigenvalue weighted by Gasteiger charge is -2.23. The average molecular weight is 259 g/mol. The van der Waals surface area contributed by atoms with Gasteiger partial charge in [0.2, 0.25) is 0 Å². The zero-order valence-electron chi connectivity index (χ0n) is 10.7. The minimum atomic E-state index is -0.717. The number of nitrogens with zero attached hydrogens (tertiary/aromatic N) is 1. The van der Waals surface area contributed by atoms with Crippen LogP contribution in [0.15, 0.2) is 23.6 Å². The third-order valence-corrected chi connectivity index (χ3v) is 4.65. The summed E-state index contributed by atoms with van der Waals surface area (Å²) in [7, 11) is 0. The molecule has 1 aromatic carbocycles. The fourth-order valence-corrected chi connectivity index (χ4v) is 3.61. The second-order valence-electron chi connectivity index (χ2n) is 5.25. The molecule has 0 spiro atoms. The monoisotopic (exact) mass is 259 g/mol. The van der Waals surface area contributed by atoms with Crippen molar-refractivity contribution in [2.75, 3.05) is 0 Å². The van der Waals surface area contributed by atoms with Gasteiger partial charge < -0.3 is 5.11 Å². The summed E-state index contributed by atoms with van der Waals surface area (Å²) in [5, 5.41) is 14.0. The van der Waals surface area contributed by atoms with Crippen molar-refractivity contribution in [3.63, 3.8) is 0 Å². The highest BCUT2D eigenvalue weighted by atomic mass is 32.1. The summed E-state index contributed by atoms with van der Waals surface area (Å²) in [6.45, 7) is 4.07. The summed E-state index contributed by atoms with van der Waals surface area (Å²) in [5.74, 6) is 0. The first kappa shape index (κ1) is 11.9. The lowest BCUT2D eigenvalue weighted by molar-refractivity contribution is 0.0388. The predicted molar refractivity (Wildman–Crippen MR) is 74.0 cm³/mol. The van der Waals surface area contributed by atoms with Crippen molar-refractivity contribution in [2.45, 2.75) is 38.7 Å². The van der Waals surface area contributed by atoms with Gasteiger partial charge in [0.05, 0.1) is 10.6 Å². The molecule has 0 amide bonds. The molecule has 1 aliphatic rings. The fraction of sp³-hybridized carbons (Fsp3) is 0.400. The van der Waals surface area contributed by atoms with Gasteiger partial charge in [-0.25, -0.2) is 4.98 Å². The maximum Gasteiger partial charge on any atom is 0.0965 e. The van der Waals surface area contributed by atoms with Gasteiger partial charge in [-0.1, -0.05) is 23.8 Å². The highest BCUT2D eigenvalue weighted by Crippen LogP contribution is 2.40. The fourth-order valence-electron chi connectivity index (χ4n) is 2.74. The predicted octanol–water partition coefficient (Wildman–Crippen LogP) is 3.14. The number of benzene rings is 1. The molecule has 1 atom stereocenters. The third kappa shape index (κ3) is 1.98. The van der Waals surface area contributed by atoms with Gasteiger partial charge in [-0.3, -0.25) is 0 Å². The number of aryl methyl sites for hydroxylation is 3. The van der Waals surface area contributed by atoms with Gasteiger partial charge in [-0.15, -0.1) is 11.3 Å². The van der Waals surface area contributed by atoms with E-state index in [2.05, 4.69) is 30.1 Å². The van der Waals surface area contributed by atoms with Gasteiger partial charge in [0, 0.05) is 17.5 Å². The topological polar surface area (TPSA) is 33.1 Å². The molecule has 18 heavy (non-hydrogen) atoms. The third-order valence-electron chi connectivity index (χ3n) is 3.68. The Morgan fingerprint density at radius 1 is 1.39 bits per heavy atom. The summed E-state index contributed by atoms with van der Waals surface area (Å²) in [5.41, 5.74) is 3.93. The first-order chi connectivity index (χ1) is 8.57. The molecule has 3 rings (SSSR count). The molecule has 0 saturated carbocycles. The van der Waals surface area contributed by atoms with Gasteiger partial charge in [0.15, 0.2) is 0 Å². The number of hydrogen-bond acceptors (Lipinski definition) is 3. The van der Waals surface area contributed by atoms with Crippen LogP contribution in [-0.4, -0.2) is 10.1 Å². The Morgan fingerprint density at radius 3 is 2.94 bits per heavy atom. The smallest absolute Gasteiger partial charge is 0.0965 e. The Morgan fingerprint density at radius 2 is 2.22 bits per heavy atom. The molecule has 1 aliphatic carbocycles. The SMILES string of the molecule is Cc1ccc2c(c1)C(O)(Cc1nc(C)cs1)CC2. The Labute approximate surface area is 111 Å². The number of aliphatic hydroxyl groups is 1. The van der Waals surface area contributed by atoms with E-state index >= 15 is 0 Å². The summed E-state index contributed by atoms with van der Waals surface area (Å²) in [6, 6.07) is 6.40. The van der Waals surface area contributed by atoms with Crippen molar-refractivity contribution in [1.82, 2.24) is 4.98 Å². The second-order valence-corrected chi connectivity index (χ2v) is 6.19. The van der Waals surface area contributed by atoms with E-state index in [-0.39, 0.29) is 0 Å². The molecular weight excluding hydrogens is 242 g/mol. The van der Waals surface area contributed by atoms with E-state index in [4.69, 9.17) is 0 Å². The molecule has 0 bridgehead atoms. The highest BCUT2D eigenvalue weighted by molar-refractivity contribution is 7.09. The molecule has 3 heteroatoms. The van der Waals surface area contributed by atoms with Crippen molar-refractivity contribution in [1.29, 1.82) is 0 Å². The second kappa shape index (κ2) is 4.18. The van der Waals surface area contributed by atoms with Gasteiger partial charge in [0.25, 0.3) is 0 Å². The van der Waals surface area contributed by atoms with Crippen LogP contribution < -0.4 is 0 Å². The van der Waals surface area contributed by atoms with Crippen molar-refractivity contribution in [3.8, 4) is 0 Å². The quantitative estimate of drug-likeness (QED) is 0.899. The first-order valence-electron chi connectivity index (χ1n) is 6.30. The highest BCUT2D eigenvalue weighted by Gasteiger charge is 2.37. The molecule has 0 radical (unpaired) electrons. The largest absolute Gasteiger partial charge is 0.385 e. The van der Waals surface area contributed by atoms with E-state index in [1.54, 1.807) is 11.3 Å². The van der Waals surface area contributed by atoms with Crippen molar-refractivity contribution in [2.24, 2.45) is 0 Å². The van der Waals surface area contributed by atoms with Crippen LogP contribution in [0.1, 0.15) is 33.8 Å². The molecule has 1 heterocycles. The van der Waals surface area contributed by atoms with Crippen LogP contribution in [-0.2, 0) is 18.4 Å². The molecule has 2 aromatic rings. The summed E-state index contributed by atoms with van der Waals surface area (Å²) >= 11 is 1.64. The van der Waals surface area contributed by atoms with E-state index in [1.165, 1.54) is 11.1 Å². The molecule has 94 valence electrons. The maximum atomic E-state index is 10.9. The number of rotatable bonds is 2. The molecule has 2 nitrogen and oxygen atoms in total. The van der Waals surface area contributed by atoms with E-state index in [0.717, 1.165) is 29.1 Å². The summed E-state index contributed by atoms with van der Waals surface area (Å²) in [6.07, 6.45) is 2.42. The average Bonchev–Trinajstić information content (AvgIpc) is 2.85. The molecule has 0 saturated heterocycles. The molecule has 0 aliphatic heterocycles. The Hall–Kier alpha value is -1.19. The standard InChI is InChI=1S/C15H17NOS/c1-10-3-4-12-5-6-15(17,13(12)7-10)8-14-16-11(2)9-18-14/h3-4,7,9,17H,5-6,8H2,1-2H3. The number of fused-ring (bicyclic) bond motifs is 1. The van der Waals surface area contributed by atoms with Gasteiger partial charge >= 0.3 is 0 Å². The van der Waals surface area contributed by atoms with Gasteiger partial charge in [-0.05, 0) is 37.8 Å². The molecule has 0 fully saturated rings. The Bertz CT molecular complexity index is 590. The van der Waals surface area contributed by atoms with Gasteiger partial charge in [-0.2, -0.15) is 0 Å². The lowest BCUT2D eigenvalue weighted by Crippen LogP contribution is -2.25. The van der Waals surface area contributed by atoms with Crippen LogP contribution in [0.2, 0.25) is 0 Å². The Balaban J connectivity index is 1.96. The van der Waals surface area contributed by atoms with E-state index in [0.29, 0.717) is 6.42 Å². The minimum absolute atomic E-state index is 0.641. The van der Waals surface area contributed by atoms with Crippen LogP contribution in [0.5, 0.6) is 0 Å². The van der Waals surface area contributed by atoms with Crippen LogP contribution in [0.3, 0.4) is 0 Å². The number of thiazole rings is 1. The van der Waals surface area contributed by atoms with Crippen LogP contribution in [0.25, 0.3) is 0 Å². The Kier molecular flexibility index (Phi) is 2.76. The van der Waals surface area contributed by atoms with E-state index < -0.39 is 5.60 Å². The first-order valence-corrected chi connectivity index (χ1v) is 7.18. The molecule has 1 N–H and O–H groups in total. The zero-order valence-corrected chi connectivity index (χ0v) is 11.5. The summed E-state index contributed by atoms with van der Waals surface area (Å²) in [4.78, 5) is 4.47. The van der Waals surface area contributed by atoms with Crippen LogP contribution in [0, 0.1) is 13.8 Å². The lowest BCUT2D eigenvalue weighted by atomic mass is 9.91.